The van der Waals surface area contributed by atoms with Crippen molar-refractivity contribution < 1.29 is 15.0 Å². The third kappa shape index (κ3) is 5.59. The first-order chi connectivity index (χ1) is 18.2. The molecule has 0 bridgehead atoms. The minimum Gasteiger partial charge on any atom is -0.477 e. The summed E-state index contributed by atoms with van der Waals surface area (Å²) in [6.45, 7) is 7.46. The number of hydrogen-bond acceptors (Lipinski definition) is 7. The molecular weight excluding hydrogens is 482 g/mol. The standard InChI is InChI=1S/C29H37N5O4/c1-29(2)11-7-22(8-12-29)34-18-24(27(37)38)25(36)23-17-30-28(32-26(23)34)31-21-5-3-19(4-6-21)20-9-13-33(14-10-20)15-16-35/h3-6,17-18,20,22,35H,7-16H2,1-2H3,(H,37,38)(H,30,31,32). The number of hydrogen-bond donors (Lipinski definition) is 3. The van der Waals surface area contributed by atoms with Gasteiger partial charge in [0.05, 0.1) is 12.0 Å². The van der Waals surface area contributed by atoms with Gasteiger partial charge in [-0.2, -0.15) is 4.98 Å². The normalized spacial score (nSPS) is 19.0. The molecule has 1 saturated carbocycles. The lowest BCUT2D eigenvalue weighted by Gasteiger charge is -2.35. The number of piperidine rings is 1. The molecule has 2 aliphatic rings. The molecule has 3 N–H and O–H groups in total. The third-order valence-electron chi connectivity index (χ3n) is 8.35. The molecule has 1 aliphatic heterocycles. The van der Waals surface area contributed by atoms with Crippen LogP contribution in [0.4, 0.5) is 11.6 Å². The predicted molar refractivity (Wildman–Crippen MR) is 147 cm³/mol. The van der Waals surface area contributed by atoms with Crippen molar-refractivity contribution in [3.8, 4) is 0 Å². The highest BCUT2D eigenvalue weighted by Crippen LogP contribution is 2.41. The van der Waals surface area contributed by atoms with Crippen molar-refractivity contribution in [1.82, 2.24) is 19.4 Å². The van der Waals surface area contributed by atoms with Crippen LogP contribution in [0.5, 0.6) is 0 Å². The Kier molecular flexibility index (Phi) is 7.49. The van der Waals surface area contributed by atoms with Gasteiger partial charge in [-0.25, -0.2) is 9.78 Å². The monoisotopic (exact) mass is 519 g/mol. The summed E-state index contributed by atoms with van der Waals surface area (Å²) in [7, 11) is 0. The van der Waals surface area contributed by atoms with Gasteiger partial charge in [-0.05, 0) is 80.6 Å². The SMILES string of the molecule is CC1(C)CCC(n2cc(C(=O)O)c(=O)c3cnc(Nc4ccc(C5CCN(CCO)CC5)cc4)nc32)CC1. The van der Waals surface area contributed by atoms with E-state index in [-0.39, 0.29) is 29.0 Å². The number of rotatable bonds is 7. The number of carboxylic acid groups (broad SMARTS) is 1. The van der Waals surface area contributed by atoms with Gasteiger partial charge in [0, 0.05) is 30.7 Å². The van der Waals surface area contributed by atoms with Gasteiger partial charge in [0.15, 0.2) is 0 Å². The Morgan fingerprint density at radius 2 is 1.79 bits per heavy atom. The molecule has 9 nitrogen and oxygen atoms in total. The molecule has 5 rings (SSSR count). The zero-order valence-electron chi connectivity index (χ0n) is 22.2. The molecule has 1 saturated heterocycles. The Balaban J connectivity index is 1.39. The molecule has 0 amide bonds. The summed E-state index contributed by atoms with van der Waals surface area (Å²) in [6, 6.07) is 8.39. The van der Waals surface area contributed by atoms with Crippen LogP contribution < -0.4 is 10.7 Å². The first-order valence-electron chi connectivity index (χ1n) is 13.6. The van der Waals surface area contributed by atoms with Crippen LogP contribution in [0, 0.1) is 5.41 Å². The van der Waals surface area contributed by atoms with Crippen LogP contribution in [-0.2, 0) is 0 Å². The maximum absolute atomic E-state index is 12.9. The van der Waals surface area contributed by atoms with Crippen LogP contribution in [-0.4, -0.2) is 61.9 Å². The molecule has 0 radical (unpaired) electrons. The number of aliphatic hydroxyl groups is 1. The Hall–Kier alpha value is -3.30. The molecule has 38 heavy (non-hydrogen) atoms. The minimum atomic E-state index is -1.23. The topological polar surface area (TPSA) is 121 Å². The summed E-state index contributed by atoms with van der Waals surface area (Å²) >= 11 is 0. The van der Waals surface area contributed by atoms with Gasteiger partial charge in [0.2, 0.25) is 11.4 Å². The van der Waals surface area contributed by atoms with Gasteiger partial charge in [-0.3, -0.25) is 4.79 Å². The lowest BCUT2D eigenvalue weighted by atomic mass is 9.75. The van der Waals surface area contributed by atoms with E-state index < -0.39 is 11.4 Å². The van der Waals surface area contributed by atoms with Crippen molar-refractivity contribution in [2.24, 2.45) is 5.41 Å². The number of likely N-dealkylation sites (tertiary alicyclic amines) is 1. The molecule has 1 aliphatic carbocycles. The maximum Gasteiger partial charge on any atom is 0.341 e. The number of fused-ring (bicyclic) bond motifs is 1. The van der Waals surface area contributed by atoms with Gasteiger partial charge < -0.3 is 25.0 Å². The fourth-order valence-electron chi connectivity index (χ4n) is 5.89. The number of anilines is 2. The zero-order chi connectivity index (χ0) is 26.9. The first-order valence-corrected chi connectivity index (χ1v) is 13.6. The van der Waals surface area contributed by atoms with Crippen molar-refractivity contribution in [3.05, 3.63) is 58.0 Å². The molecule has 3 heterocycles. The smallest absolute Gasteiger partial charge is 0.341 e. The zero-order valence-corrected chi connectivity index (χ0v) is 22.2. The molecular formula is C29H37N5O4. The van der Waals surface area contributed by atoms with E-state index in [1.165, 1.54) is 18.0 Å². The molecule has 2 aromatic heterocycles. The third-order valence-corrected chi connectivity index (χ3v) is 8.35. The second kappa shape index (κ2) is 10.8. The molecule has 0 unspecified atom stereocenters. The molecule has 0 atom stereocenters. The Morgan fingerprint density at radius 1 is 1.11 bits per heavy atom. The van der Waals surface area contributed by atoms with E-state index in [0.29, 0.717) is 17.5 Å². The van der Waals surface area contributed by atoms with Crippen molar-refractivity contribution in [2.45, 2.75) is 64.3 Å². The number of carboxylic acids is 1. The van der Waals surface area contributed by atoms with Crippen LogP contribution >= 0.6 is 0 Å². The molecule has 3 aromatic rings. The number of β-amino-alcohol motifs (C(OH)–C–C–N with tert-alkyl or cyclic N) is 1. The number of aliphatic hydroxyl groups excluding tert-OH is 1. The number of pyridine rings is 1. The van der Waals surface area contributed by atoms with E-state index >= 15 is 0 Å². The number of nitrogens with one attached hydrogen (secondary N) is 1. The Labute approximate surface area is 222 Å². The summed E-state index contributed by atoms with van der Waals surface area (Å²) in [5.74, 6) is -0.354. The highest BCUT2D eigenvalue weighted by molar-refractivity contribution is 5.91. The molecule has 9 heteroatoms. The summed E-state index contributed by atoms with van der Waals surface area (Å²) in [4.78, 5) is 36.1. The van der Waals surface area contributed by atoms with Gasteiger partial charge in [0.1, 0.15) is 11.2 Å². The molecule has 1 aromatic carbocycles. The van der Waals surface area contributed by atoms with Crippen LogP contribution in [0.25, 0.3) is 11.0 Å². The van der Waals surface area contributed by atoms with Gasteiger partial charge in [-0.1, -0.05) is 26.0 Å². The van der Waals surface area contributed by atoms with E-state index in [1.807, 2.05) is 16.7 Å². The van der Waals surface area contributed by atoms with Crippen molar-refractivity contribution >= 4 is 28.6 Å². The predicted octanol–water partition coefficient (Wildman–Crippen LogP) is 4.55. The van der Waals surface area contributed by atoms with E-state index in [4.69, 9.17) is 10.1 Å². The lowest BCUT2D eigenvalue weighted by molar-refractivity contribution is 0.0694. The van der Waals surface area contributed by atoms with Crippen molar-refractivity contribution in [2.75, 3.05) is 31.6 Å². The molecule has 0 spiro atoms. The number of aromatic nitrogens is 3. The average molecular weight is 520 g/mol. The Bertz CT molecular complexity index is 1350. The van der Waals surface area contributed by atoms with Crippen molar-refractivity contribution in [3.63, 3.8) is 0 Å². The number of carbonyl (C=O) groups is 1. The maximum atomic E-state index is 12.9. The largest absolute Gasteiger partial charge is 0.477 e. The van der Waals surface area contributed by atoms with Gasteiger partial charge >= 0.3 is 5.97 Å². The number of aromatic carboxylic acids is 1. The summed E-state index contributed by atoms with van der Waals surface area (Å²) in [5.41, 5.74) is 2.07. The van der Waals surface area contributed by atoms with Crippen LogP contribution in [0.15, 0.2) is 41.5 Å². The summed E-state index contributed by atoms with van der Waals surface area (Å²) < 4.78 is 1.88. The fourth-order valence-corrected chi connectivity index (χ4v) is 5.89. The highest BCUT2D eigenvalue weighted by Gasteiger charge is 2.29. The fraction of sp³-hybridized carbons (Fsp3) is 0.517. The van der Waals surface area contributed by atoms with Crippen LogP contribution in [0.1, 0.15) is 80.3 Å². The van der Waals surface area contributed by atoms with E-state index in [2.05, 4.69) is 41.2 Å². The molecule has 202 valence electrons. The van der Waals surface area contributed by atoms with Crippen LogP contribution in [0.3, 0.4) is 0 Å². The first kappa shape index (κ1) is 26.3. The summed E-state index contributed by atoms with van der Waals surface area (Å²) in [5, 5.41) is 22.3. The Morgan fingerprint density at radius 3 is 2.42 bits per heavy atom. The molecule has 2 fully saturated rings. The summed E-state index contributed by atoms with van der Waals surface area (Å²) in [6.07, 6.45) is 8.91. The van der Waals surface area contributed by atoms with Crippen LogP contribution in [0.2, 0.25) is 0 Å². The average Bonchev–Trinajstić information content (AvgIpc) is 2.90. The van der Waals surface area contributed by atoms with Gasteiger partial charge in [-0.15, -0.1) is 0 Å². The number of nitrogens with zero attached hydrogens (tertiary/aromatic N) is 4. The second-order valence-electron chi connectivity index (χ2n) is 11.5. The highest BCUT2D eigenvalue weighted by atomic mass is 16.4. The number of benzene rings is 1. The quantitative estimate of drug-likeness (QED) is 0.416. The van der Waals surface area contributed by atoms with E-state index in [1.54, 1.807) is 0 Å². The van der Waals surface area contributed by atoms with E-state index in [0.717, 1.165) is 63.8 Å². The minimum absolute atomic E-state index is 0.0788. The van der Waals surface area contributed by atoms with Gasteiger partial charge in [0.25, 0.3) is 0 Å². The second-order valence-corrected chi connectivity index (χ2v) is 11.5. The van der Waals surface area contributed by atoms with E-state index in [9.17, 15) is 14.7 Å². The van der Waals surface area contributed by atoms with Crippen molar-refractivity contribution in [1.29, 1.82) is 0 Å². The lowest BCUT2D eigenvalue weighted by Crippen LogP contribution is -2.34.